The van der Waals surface area contributed by atoms with E-state index < -0.39 is 0 Å². The summed E-state index contributed by atoms with van der Waals surface area (Å²) in [6.07, 6.45) is 2.04. The molecule has 7 nitrogen and oxygen atoms in total. The van der Waals surface area contributed by atoms with Crippen LogP contribution in [0.15, 0.2) is 66.7 Å². The Balaban J connectivity index is 1.42. The van der Waals surface area contributed by atoms with E-state index in [2.05, 4.69) is 17.1 Å². The summed E-state index contributed by atoms with van der Waals surface area (Å²) in [6.45, 7) is 3.38. The second kappa shape index (κ2) is 9.82. The van der Waals surface area contributed by atoms with Crippen LogP contribution in [0.25, 0.3) is 11.3 Å². The number of rotatable bonds is 8. The number of aromatic nitrogens is 2. The lowest BCUT2D eigenvalue weighted by Crippen LogP contribution is -2.29. The zero-order valence-electron chi connectivity index (χ0n) is 20.4. The minimum Gasteiger partial charge on any atom is -0.494 e. The molecule has 0 saturated heterocycles. The molecular weight excluding hydrogens is 490 g/mol. The van der Waals surface area contributed by atoms with Crippen LogP contribution in [0.3, 0.4) is 0 Å². The molecule has 3 heterocycles. The predicted molar refractivity (Wildman–Crippen MR) is 140 cm³/mol. The van der Waals surface area contributed by atoms with Gasteiger partial charge in [0.05, 0.1) is 18.3 Å². The molecule has 3 aromatic carbocycles. The van der Waals surface area contributed by atoms with Crippen LogP contribution in [0.1, 0.15) is 53.0 Å². The van der Waals surface area contributed by atoms with Gasteiger partial charge in [0.2, 0.25) is 6.79 Å². The lowest BCUT2D eigenvalue weighted by atomic mass is 9.95. The zero-order chi connectivity index (χ0) is 25.4. The molecule has 8 heteroatoms. The van der Waals surface area contributed by atoms with E-state index in [1.54, 1.807) is 0 Å². The Hall–Kier alpha value is -3.97. The summed E-state index contributed by atoms with van der Waals surface area (Å²) in [5, 5.41) is 8.21. The van der Waals surface area contributed by atoms with Crippen molar-refractivity contribution in [2.75, 3.05) is 13.4 Å². The molecule has 0 fully saturated rings. The third-order valence-corrected chi connectivity index (χ3v) is 6.96. The van der Waals surface area contributed by atoms with Gasteiger partial charge >= 0.3 is 0 Å². The van der Waals surface area contributed by atoms with Crippen molar-refractivity contribution in [2.45, 2.75) is 32.4 Å². The SMILES string of the molecule is CCCCOc1cccc(C2c3c(-c4ccc(Cl)cc4)n[nH]c3C(=O)N2Cc2ccc3c(c2)OCO3)c1. The van der Waals surface area contributed by atoms with Gasteiger partial charge in [0.15, 0.2) is 11.5 Å². The largest absolute Gasteiger partial charge is 0.494 e. The van der Waals surface area contributed by atoms with Crippen LogP contribution in [-0.4, -0.2) is 34.4 Å². The lowest BCUT2D eigenvalue weighted by Gasteiger charge is -2.27. The minimum atomic E-state index is -0.355. The van der Waals surface area contributed by atoms with Crippen molar-refractivity contribution in [3.8, 4) is 28.5 Å². The van der Waals surface area contributed by atoms with Crippen molar-refractivity contribution in [3.63, 3.8) is 0 Å². The van der Waals surface area contributed by atoms with Crippen molar-refractivity contribution < 1.29 is 19.0 Å². The van der Waals surface area contributed by atoms with Gasteiger partial charge in [0.25, 0.3) is 5.91 Å². The Morgan fingerprint density at radius 2 is 1.92 bits per heavy atom. The number of aromatic amines is 1. The number of hydrogen-bond donors (Lipinski definition) is 1. The number of carbonyl (C=O) groups excluding carboxylic acids is 1. The van der Waals surface area contributed by atoms with Crippen LogP contribution in [0.2, 0.25) is 5.02 Å². The van der Waals surface area contributed by atoms with Crippen LogP contribution >= 0.6 is 11.6 Å². The number of carbonyl (C=O) groups is 1. The molecule has 0 saturated carbocycles. The number of fused-ring (bicyclic) bond motifs is 2. The summed E-state index contributed by atoms with van der Waals surface area (Å²) < 4.78 is 17.0. The molecule has 0 radical (unpaired) electrons. The molecule has 1 aromatic heterocycles. The van der Waals surface area contributed by atoms with Gasteiger partial charge in [-0.3, -0.25) is 9.89 Å². The van der Waals surface area contributed by atoms with Gasteiger partial charge in [-0.25, -0.2) is 0 Å². The van der Waals surface area contributed by atoms with E-state index in [0.29, 0.717) is 35.4 Å². The van der Waals surface area contributed by atoms with Gasteiger partial charge in [-0.05, 0) is 53.9 Å². The molecular formula is C29H26ClN3O4. The first-order chi connectivity index (χ1) is 18.1. The third-order valence-electron chi connectivity index (χ3n) is 6.71. The predicted octanol–water partition coefficient (Wildman–Crippen LogP) is 6.38. The van der Waals surface area contributed by atoms with E-state index in [9.17, 15) is 4.79 Å². The van der Waals surface area contributed by atoms with Gasteiger partial charge in [-0.2, -0.15) is 5.10 Å². The number of nitrogens with zero attached hydrogens (tertiary/aromatic N) is 2. The zero-order valence-corrected chi connectivity index (χ0v) is 21.1. The topological polar surface area (TPSA) is 76.7 Å². The highest BCUT2D eigenvalue weighted by Crippen LogP contribution is 2.44. The average Bonchev–Trinajstić information content (AvgIpc) is 3.62. The van der Waals surface area contributed by atoms with Gasteiger partial charge in [0.1, 0.15) is 11.4 Å². The van der Waals surface area contributed by atoms with Crippen LogP contribution < -0.4 is 14.2 Å². The van der Waals surface area contributed by atoms with E-state index in [4.69, 9.17) is 25.8 Å². The third kappa shape index (κ3) is 4.40. The van der Waals surface area contributed by atoms with Gasteiger partial charge < -0.3 is 19.1 Å². The summed E-state index contributed by atoms with van der Waals surface area (Å²) in [4.78, 5) is 15.6. The summed E-state index contributed by atoms with van der Waals surface area (Å²) in [5.74, 6) is 2.08. The second-order valence-electron chi connectivity index (χ2n) is 9.17. The van der Waals surface area contributed by atoms with Crippen molar-refractivity contribution in [1.82, 2.24) is 15.1 Å². The number of halogens is 1. The minimum absolute atomic E-state index is 0.109. The first kappa shape index (κ1) is 23.4. The fraction of sp³-hybridized carbons (Fsp3) is 0.241. The molecule has 6 rings (SSSR count). The van der Waals surface area contributed by atoms with Crippen LogP contribution in [0.4, 0.5) is 0 Å². The van der Waals surface area contributed by atoms with E-state index >= 15 is 0 Å². The summed E-state index contributed by atoms with van der Waals surface area (Å²) in [5.41, 5.74) is 4.87. The van der Waals surface area contributed by atoms with Gasteiger partial charge in [-0.1, -0.05) is 55.3 Å². The maximum Gasteiger partial charge on any atom is 0.273 e. The molecule has 1 unspecified atom stereocenters. The molecule has 37 heavy (non-hydrogen) atoms. The molecule has 2 aliphatic heterocycles. The average molecular weight is 516 g/mol. The van der Waals surface area contributed by atoms with Crippen molar-refractivity contribution in [2.24, 2.45) is 0 Å². The molecule has 4 aromatic rings. The van der Waals surface area contributed by atoms with E-state index in [1.165, 1.54) is 0 Å². The van der Waals surface area contributed by atoms with Crippen LogP contribution in [-0.2, 0) is 6.54 Å². The number of nitrogens with one attached hydrogen (secondary N) is 1. The second-order valence-corrected chi connectivity index (χ2v) is 9.60. The maximum atomic E-state index is 13.8. The molecule has 0 spiro atoms. The standard InChI is InChI=1S/C29H26ClN3O4/c1-2-3-13-35-22-6-4-5-20(15-22)28-25-26(19-8-10-21(30)11-9-19)31-32-27(25)29(34)33(28)16-18-7-12-23-24(14-18)37-17-36-23/h4-12,14-15,28H,2-3,13,16-17H2,1H3,(H,31,32). The summed E-state index contributed by atoms with van der Waals surface area (Å²) >= 11 is 6.14. The Bertz CT molecular complexity index is 1450. The highest BCUT2D eigenvalue weighted by Gasteiger charge is 2.42. The highest BCUT2D eigenvalue weighted by molar-refractivity contribution is 6.30. The van der Waals surface area contributed by atoms with E-state index in [0.717, 1.165) is 46.5 Å². The Kier molecular flexibility index (Phi) is 6.22. The molecule has 1 amide bonds. The first-order valence-electron chi connectivity index (χ1n) is 12.4. The Labute approximate surface area is 219 Å². The Morgan fingerprint density at radius 3 is 2.76 bits per heavy atom. The molecule has 0 aliphatic carbocycles. The monoisotopic (exact) mass is 515 g/mol. The number of benzene rings is 3. The molecule has 1 atom stereocenters. The maximum absolute atomic E-state index is 13.8. The number of amides is 1. The van der Waals surface area contributed by atoms with Crippen molar-refractivity contribution >= 4 is 17.5 Å². The molecule has 188 valence electrons. The van der Waals surface area contributed by atoms with Gasteiger partial charge in [-0.15, -0.1) is 0 Å². The molecule has 2 aliphatic rings. The van der Waals surface area contributed by atoms with E-state index in [1.807, 2.05) is 71.6 Å². The smallest absolute Gasteiger partial charge is 0.273 e. The lowest BCUT2D eigenvalue weighted by molar-refractivity contribution is 0.0729. The van der Waals surface area contributed by atoms with Crippen LogP contribution in [0, 0.1) is 0 Å². The number of unbranched alkanes of at least 4 members (excludes halogenated alkanes) is 1. The normalized spacial score (nSPS) is 15.8. The van der Waals surface area contributed by atoms with Crippen molar-refractivity contribution in [1.29, 1.82) is 0 Å². The number of H-pyrrole nitrogens is 1. The summed E-state index contributed by atoms with van der Waals surface area (Å²) in [6, 6.07) is 20.9. The number of ether oxygens (including phenoxy) is 3. The molecule has 0 bridgehead atoms. The van der Waals surface area contributed by atoms with Gasteiger partial charge in [0, 0.05) is 22.7 Å². The van der Waals surface area contributed by atoms with Crippen LogP contribution in [0.5, 0.6) is 17.2 Å². The summed E-state index contributed by atoms with van der Waals surface area (Å²) in [7, 11) is 0. The quantitative estimate of drug-likeness (QED) is 0.275. The Morgan fingerprint density at radius 1 is 1.08 bits per heavy atom. The van der Waals surface area contributed by atoms with Crippen molar-refractivity contribution in [3.05, 3.63) is 94.1 Å². The fourth-order valence-electron chi connectivity index (χ4n) is 4.88. The highest BCUT2D eigenvalue weighted by atomic mass is 35.5. The fourth-order valence-corrected chi connectivity index (χ4v) is 5.00. The first-order valence-corrected chi connectivity index (χ1v) is 12.8. The molecule has 1 N–H and O–H groups in total. The van der Waals surface area contributed by atoms with E-state index in [-0.39, 0.29) is 18.7 Å². The number of hydrogen-bond acceptors (Lipinski definition) is 5.